The van der Waals surface area contributed by atoms with Crippen LogP contribution >= 0.6 is 11.6 Å². The van der Waals surface area contributed by atoms with Gasteiger partial charge in [-0.2, -0.15) is 0 Å². The number of nitrogens with one attached hydrogen (secondary N) is 1. The van der Waals surface area contributed by atoms with Crippen molar-refractivity contribution in [2.75, 3.05) is 40.2 Å². The zero-order chi connectivity index (χ0) is 15.1. The number of rotatable bonds is 7. The van der Waals surface area contributed by atoms with Crippen LogP contribution in [0.1, 0.15) is 12.8 Å². The quantitative estimate of drug-likeness (QED) is 0.787. The van der Waals surface area contributed by atoms with Gasteiger partial charge < -0.3 is 19.7 Å². The van der Waals surface area contributed by atoms with E-state index in [1.165, 1.54) is 0 Å². The Morgan fingerprint density at radius 2 is 1.90 bits per heavy atom. The smallest absolute Gasteiger partial charge is 0.222 e. The second-order valence-corrected chi connectivity index (χ2v) is 4.91. The number of anilines is 1. The van der Waals surface area contributed by atoms with Crippen LogP contribution in [0.5, 0.6) is 11.5 Å². The van der Waals surface area contributed by atoms with Crippen LogP contribution in [0.3, 0.4) is 0 Å². The van der Waals surface area contributed by atoms with Gasteiger partial charge >= 0.3 is 0 Å². The van der Waals surface area contributed by atoms with Crippen molar-refractivity contribution in [1.29, 1.82) is 0 Å². The van der Waals surface area contributed by atoms with Gasteiger partial charge in [0.1, 0.15) is 11.5 Å². The molecule has 0 saturated heterocycles. The Morgan fingerprint density at radius 3 is 2.45 bits per heavy atom. The van der Waals surface area contributed by atoms with Crippen LogP contribution in [0.2, 0.25) is 5.02 Å². The highest BCUT2D eigenvalue weighted by Crippen LogP contribution is 2.35. The SMILES string of the molecule is COc1cc(OC)c(NCCCC(=O)N(C)C)cc1Cl. The molecule has 6 heteroatoms. The van der Waals surface area contributed by atoms with Gasteiger partial charge in [-0.1, -0.05) is 11.6 Å². The Balaban J connectivity index is 2.59. The summed E-state index contributed by atoms with van der Waals surface area (Å²) in [7, 11) is 6.65. The molecule has 1 aromatic rings. The first-order valence-corrected chi connectivity index (χ1v) is 6.73. The first-order valence-electron chi connectivity index (χ1n) is 6.35. The Bertz CT molecular complexity index is 464. The highest BCUT2D eigenvalue weighted by molar-refractivity contribution is 6.32. The summed E-state index contributed by atoms with van der Waals surface area (Å²) in [6.07, 6.45) is 1.25. The molecule has 0 atom stereocenters. The molecule has 5 nitrogen and oxygen atoms in total. The number of carbonyl (C=O) groups excluding carboxylic acids is 1. The van der Waals surface area contributed by atoms with Gasteiger partial charge in [0.2, 0.25) is 5.91 Å². The molecule has 0 spiro atoms. The van der Waals surface area contributed by atoms with Crippen molar-refractivity contribution in [2.45, 2.75) is 12.8 Å². The number of hydrogen-bond donors (Lipinski definition) is 1. The summed E-state index contributed by atoms with van der Waals surface area (Å²) in [5, 5.41) is 3.73. The summed E-state index contributed by atoms with van der Waals surface area (Å²) < 4.78 is 10.4. The van der Waals surface area contributed by atoms with Crippen molar-refractivity contribution in [3.63, 3.8) is 0 Å². The van der Waals surface area contributed by atoms with Crippen molar-refractivity contribution in [1.82, 2.24) is 4.90 Å². The molecule has 0 bridgehead atoms. The van der Waals surface area contributed by atoms with Gasteiger partial charge in [-0.05, 0) is 12.5 Å². The zero-order valence-electron chi connectivity index (χ0n) is 12.3. The van der Waals surface area contributed by atoms with Crippen molar-refractivity contribution in [2.24, 2.45) is 0 Å². The Hall–Kier alpha value is -1.62. The van der Waals surface area contributed by atoms with Crippen LogP contribution in [0, 0.1) is 0 Å². The van der Waals surface area contributed by atoms with Gasteiger partial charge in [-0.3, -0.25) is 4.79 Å². The first kappa shape index (κ1) is 16.4. The number of hydrogen-bond acceptors (Lipinski definition) is 4. The summed E-state index contributed by atoms with van der Waals surface area (Å²) in [6, 6.07) is 3.49. The molecule has 0 aliphatic heterocycles. The Labute approximate surface area is 124 Å². The lowest BCUT2D eigenvalue weighted by atomic mass is 10.2. The number of benzene rings is 1. The van der Waals surface area contributed by atoms with Crippen LogP contribution in [0.4, 0.5) is 5.69 Å². The van der Waals surface area contributed by atoms with Gasteiger partial charge in [0.25, 0.3) is 0 Å². The van der Waals surface area contributed by atoms with Crippen LogP contribution < -0.4 is 14.8 Å². The van der Waals surface area contributed by atoms with Crippen molar-refractivity contribution >= 4 is 23.2 Å². The standard InChI is InChI=1S/C14H21ClN2O3/c1-17(2)14(18)6-5-7-16-11-8-10(15)12(19-3)9-13(11)20-4/h8-9,16H,5-7H2,1-4H3. The average molecular weight is 301 g/mol. The summed E-state index contributed by atoms with van der Waals surface area (Å²) in [4.78, 5) is 13.0. The summed E-state index contributed by atoms with van der Waals surface area (Å²) in [5.41, 5.74) is 0.788. The number of carbonyl (C=O) groups is 1. The predicted octanol–water partition coefficient (Wildman–Crippen LogP) is 2.64. The zero-order valence-corrected chi connectivity index (χ0v) is 13.1. The van der Waals surface area contributed by atoms with E-state index in [9.17, 15) is 4.79 Å². The fourth-order valence-electron chi connectivity index (χ4n) is 1.68. The van der Waals surface area contributed by atoms with Gasteiger partial charge in [-0.15, -0.1) is 0 Å². The largest absolute Gasteiger partial charge is 0.495 e. The lowest BCUT2D eigenvalue weighted by Crippen LogP contribution is -2.22. The summed E-state index contributed by atoms with van der Waals surface area (Å²) in [6.45, 7) is 0.665. The highest BCUT2D eigenvalue weighted by Gasteiger charge is 2.10. The number of amides is 1. The molecule has 0 saturated carbocycles. The molecule has 0 fully saturated rings. The maximum Gasteiger partial charge on any atom is 0.222 e. The van der Waals surface area contributed by atoms with Crippen molar-refractivity contribution < 1.29 is 14.3 Å². The number of nitrogens with zero attached hydrogens (tertiary/aromatic N) is 1. The van der Waals surface area contributed by atoms with E-state index in [2.05, 4.69) is 5.32 Å². The van der Waals surface area contributed by atoms with Crippen LogP contribution in [0.15, 0.2) is 12.1 Å². The lowest BCUT2D eigenvalue weighted by molar-refractivity contribution is -0.128. The number of methoxy groups -OCH3 is 2. The lowest BCUT2D eigenvalue weighted by Gasteiger charge is -2.14. The van der Waals surface area contributed by atoms with E-state index in [1.54, 1.807) is 45.3 Å². The van der Waals surface area contributed by atoms with Crippen molar-refractivity contribution in [3.05, 3.63) is 17.2 Å². The maximum absolute atomic E-state index is 11.5. The molecule has 20 heavy (non-hydrogen) atoms. The third-order valence-corrected chi connectivity index (χ3v) is 3.15. The minimum Gasteiger partial charge on any atom is -0.495 e. The average Bonchev–Trinajstić information content (AvgIpc) is 2.43. The topological polar surface area (TPSA) is 50.8 Å². The van der Waals surface area contributed by atoms with E-state index >= 15 is 0 Å². The maximum atomic E-state index is 11.5. The van der Waals surface area contributed by atoms with Gasteiger partial charge in [0.05, 0.1) is 24.9 Å². The van der Waals surface area contributed by atoms with E-state index in [1.807, 2.05) is 0 Å². The van der Waals surface area contributed by atoms with Gasteiger partial charge in [0, 0.05) is 33.1 Å². The minimum absolute atomic E-state index is 0.117. The van der Waals surface area contributed by atoms with E-state index in [0.717, 1.165) is 12.1 Å². The predicted molar refractivity (Wildman–Crippen MR) is 81.0 cm³/mol. The van der Waals surface area contributed by atoms with Gasteiger partial charge in [0.15, 0.2) is 0 Å². The fourth-order valence-corrected chi connectivity index (χ4v) is 1.93. The summed E-state index contributed by atoms with van der Waals surface area (Å²) >= 11 is 6.08. The third kappa shape index (κ3) is 4.49. The molecule has 1 aromatic carbocycles. The van der Waals surface area contributed by atoms with E-state index in [0.29, 0.717) is 29.5 Å². The number of ether oxygens (including phenoxy) is 2. The highest BCUT2D eigenvalue weighted by atomic mass is 35.5. The third-order valence-electron chi connectivity index (χ3n) is 2.86. The molecule has 0 aromatic heterocycles. The van der Waals surface area contributed by atoms with E-state index in [4.69, 9.17) is 21.1 Å². The second kappa shape index (κ2) is 7.85. The Kier molecular flexibility index (Phi) is 6.45. The molecular weight excluding hydrogens is 280 g/mol. The molecule has 112 valence electrons. The first-order chi connectivity index (χ1) is 9.49. The molecule has 0 aliphatic carbocycles. The fraction of sp³-hybridized carbons (Fsp3) is 0.500. The summed E-state index contributed by atoms with van der Waals surface area (Å²) in [5.74, 6) is 1.34. The number of halogens is 1. The normalized spacial score (nSPS) is 10.1. The van der Waals surface area contributed by atoms with E-state index < -0.39 is 0 Å². The second-order valence-electron chi connectivity index (χ2n) is 4.51. The molecular formula is C14H21ClN2O3. The Morgan fingerprint density at radius 1 is 1.25 bits per heavy atom. The van der Waals surface area contributed by atoms with E-state index in [-0.39, 0.29) is 5.91 Å². The van der Waals surface area contributed by atoms with Gasteiger partial charge in [-0.25, -0.2) is 0 Å². The van der Waals surface area contributed by atoms with Crippen molar-refractivity contribution in [3.8, 4) is 11.5 Å². The molecule has 0 radical (unpaired) electrons. The minimum atomic E-state index is 0.117. The molecule has 1 N–H and O–H groups in total. The van der Waals surface area contributed by atoms with Crippen LogP contribution in [-0.2, 0) is 4.79 Å². The molecule has 0 aliphatic rings. The molecule has 1 rings (SSSR count). The monoisotopic (exact) mass is 300 g/mol. The molecule has 0 heterocycles. The molecule has 1 amide bonds. The van der Waals surface area contributed by atoms with Crippen LogP contribution in [0.25, 0.3) is 0 Å². The van der Waals surface area contributed by atoms with Crippen LogP contribution in [-0.4, -0.2) is 45.7 Å². The molecule has 0 unspecified atom stereocenters.